The van der Waals surface area contributed by atoms with Gasteiger partial charge in [-0.3, -0.25) is 4.79 Å². The first-order valence-corrected chi connectivity index (χ1v) is 6.56. The Kier molecular flexibility index (Phi) is 4.40. The maximum absolute atomic E-state index is 12.0. The Morgan fingerprint density at radius 3 is 2.60 bits per heavy atom. The molecule has 0 fully saturated rings. The van der Waals surface area contributed by atoms with Crippen molar-refractivity contribution in [2.45, 2.75) is 26.3 Å². The topological polar surface area (TPSA) is 56.1 Å². The third-order valence-electron chi connectivity index (χ3n) is 2.95. The number of anilines is 1. The van der Waals surface area contributed by atoms with E-state index in [-0.39, 0.29) is 11.9 Å². The lowest BCUT2D eigenvalue weighted by molar-refractivity contribution is -0.115. The van der Waals surface area contributed by atoms with Crippen LogP contribution in [-0.2, 0) is 11.2 Å². The number of aromatic nitrogens is 2. The molecule has 2 rings (SSSR count). The van der Waals surface area contributed by atoms with Gasteiger partial charge in [-0.2, -0.15) is 5.10 Å². The second kappa shape index (κ2) is 6.23. The van der Waals surface area contributed by atoms with Gasteiger partial charge in [-0.15, -0.1) is 0 Å². The first-order valence-electron chi connectivity index (χ1n) is 6.56. The Hall–Kier alpha value is -2.30. The molecule has 1 amide bonds. The summed E-state index contributed by atoms with van der Waals surface area (Å²) >= 11 is 0. The fraction of sp³-hybridized carbons (Fsp3) is 0.333. The first-order chi connectivity index (χ1) is 9.60. The Labute approximate surface area is 118 Å². The van der Waals surface area contributed by atoms with Crippen LogP contribution in [0.1, 0.15) is 25.5 Å². The standard InChI is InChI=1S/C15H19N3O2/c1-11(2)18-14(8-9-16-18)17-15(19)10-12-4-6-13(20-3)7-5-12/h4-9,11H,10H2,1-3H3,(H,17,19). The zero-order chi connectivity index (χ0) is 14.5. The lowest BCUT2D eigenvalue weighted by atomic mass is 10.1. The molecule has 1 heterocycles. The molecule has 0 atom stereocenters. The molecule has 106 valence electrons. The monoisotopic (exact) mass is 273 g/mol. The fourth-order valence-corrected chi connectivity index (χ4v) is 1.94. The number of nitrogens with one attached hydrogen (secondary N) is 1. The number of carbonyl (C=O) groups is 1. The predicted octanol–water partition coefficient (Wildman–Crippen LogP) is 2.65. The smallest absolute Gasteiger partial charge is 0.229 e. The minimum atomic E-state index is -0.0578. The molecule has 1 aromatic carbocycles. The highest BCUT2D eigenvalue weighted by Crippen LogP contribution is 2.15. The van der Waals surface area contributed by atoms with Crippen LogP contribution in [0.4, 0.5) is 5.82 Å². The number of carbonyl (C=O) groups excluding carboxylic acids is 1. The van der Waals surface area contributed by atoms with Gasteiger partial charge in [0.05, 0.1) is 19.7 Å². The Bertz CT molecular complexity index is 573. The average Bonchev–Trinajstić information content (AvgIpc) is 2.87. The molecule has 5 nitrogen and oxygen atoms in total. The summed E-state index contributed by atoms with van der Waals surface area (Å²) < 4.78 is 6.87. The van der Waals surface area contributed by atoms with Crippen LogP contribution in [0, 0.1) is 0 Å². The molecule has 0 aliphatic heterocycles. The van der Waals surface area contributed by atoms with Gasteiger partial charge < -0.3 is 10.1 Å². The fourth-order valence-electron chi connectivity index (χ4n) is 1.94. The predicted molar refractivity (Wildman–Crippen MR) is 77.9 cm³/mol. The minimum absolute atomic E-state index is 0.0578. The minimum Gasteiger partial charge on any atom is -0.497 e. The van der Waals surface area contributed by atoms with Crippen LogP contribution in [0.5, 0.6) is 5.75 Å². The zero-order valence-electron chi connectivity index (χ0n) is 12.0. The lowest BCUT2D eigenvalue weighted by Gasteiger charge is -2.11. The normalized spacial score (nSPS) is 10.6. The van der Waals surface area contributed by atoms with E-state index in [9.17, 15) is 4.79 Å². The van der Waals surface area contributed by atoms with E-state index in [1.54, 1.807) is 24.1 Å². The van der Waals surface area contributed by atoms with E-state index in [2.05, 4.69) is 10.4 Å². The van der Waals surface area contributed by atoms with Gasteiger partial charge in [-0.1, -0.05) is 12.1 Å². The van der Waals surface area contributed by atoms with Gasteiger partial charge >= 0.3 is 0 Å². The van der Waals surface area contributed by atoms with E-state index in [1.165, 1.54) is 0 Å². The summed E-state index contributed by atoms with van der Waals surface area (Å²) in [7, 11) is 1.62. The quantitative estimate of drug-likeness (QED) is 0.911. The molecule has 0 aliphatic carbocycles. The molecule has 0 radical (unpaired) electrons. The second-order valence-electron chi connectivity index (χ2n) is 4.83. The molecule has 0 bridgehead atoms. The maximum Gasteiger partial charge on any atom is 0.229 e. The van der Waals surface area contributed by atoms with Crippen molar-refractivity contribution < 1.29 is 9.53 Å². The summed E-state index contributed by atoms with van der Waals surface area (Å²) in [5.41, 5.74) is 0.943. The number of hydrogen-bond acceptors (Lipinski definition) is 3. The molecule has 0 saturated heterocycles. The van der Waals surface area contributed by atoms with Crippen molar-refractivity contribution in [3.63, 3.8) is 0 Å². The van der Waals surface area contributed by atoms with Gasteiger partial charge in [0.2, 0.25) is 5.91 Å². The lowest BCUT2D eigenvalue weighted by Crippen LogP contribution is -2.18. The molecule has 5 heteroatoms. The summed E-state index contributed by atoms with van der Waals surface area (Å²) in [4.78, 5) is 12.0. The van der Waals surface area contributed by atoms with Gasteiger partial charge in [0.15, 0.2) is 0 Å². The summed E-state index contributed by atoms with van der Waals surface area (Å²) in [6.45, 7) is 4.04. The Morgan fingerprint density at radius 1 is 1.30 bits per heavy atom. The Morgan fingerprint density at radius 2 is 2.00 bits per heavy atom. The Balaban J connectivity index is 1.99. The van der Waals surface area contributed by atoms with Crippen LogP contribution in [0.15, 0.2) is 36.5 Å². The van der Waals surface area contributed by atoms with Gasteiger partial charge in [0.1, 0.15) is 11.6 Å². The second-order valence-corrected chi connectivity index (χ2v) is 4.83. The van der Waals surface area contributed by atoms with Crippen molar-refractivity contribution in [1.29, 1.82) is 0 Å². The van der Waals surface area contributed by atoms with E-state index in [1.807, 2.05) is 38.1 Å². The van der Waals surface area contributed by atoms with Crippen molar-refractivity contribution in [2.24, 2.45) is 0 Å². The molecule has 2 aromatic rings. The van der Waals surface area contributed by atoms with E-state index in [4.69, 9.17) is 4.74 Å². The number of rotatable bonds is 5. The van der Waals surface area contributed by atoms with Crippen LogP contribution in [0.3, 0.4) is 0 Å². The van der Waals surface area contributed by atoms with Gasteiger partial charge in [0.25, 0.3) is 0 Å². The van der Waals surface area contributed by atoms with E-state index in [0.29, 0.717) is 6.42 Å². The van der Waals surface area contributed by atoms with Crippen molar-refractivity contribution in [2.75, 3.05) is 12.4 Å². The highest BCUT2D eigenvalue weighted by Gasteiger charge is 2.10. The van der Waals surface area contributed by atoms with Crippen molar-refractivity contribution in [1.82, 2.24) is 9.78 Å². The largest absolute Gasteiger partial charge is 0.497 e. The average molecular weight is 273 g/mol. The highest BCUT2D eigenvalue weighted by atomic mass is 16.5. The van der Waals surface area contributed by atoms with Crippen LogP contribution >= 0.6 is 0 Å². The summed E-state index contributed by atoms with van der Waals surface area (Å²) in [6, 6.07) is 9.48. The van der Waals surface area contributed by atoms with E-state index < -0.39 is 0 Å². The first kappa shape index (κ1) is 14.1. The number of methoxy groups -OCH3 is 1. The highest BCUT2D eigenvalue weighted by molar-refractivity contribution is 5.91. The molecular formula is C15H19N3O2. The van der Waals surface area contributed by atoms with Crippen LogP contribution < -0.4 is 10.1 Å². The number of ether oxygens (including phenoxy) is 1. The van der Waals surface area contributed by atoms with E-state index in [0.717, 1.165) is 17.1 Å². The van der Waals surface area contributed by atoms with Gasteiger partial charge in [-0.25, -0.2) is 4.68 Å². The molecule has 1 N–H and O–H groups in total. The van der Waals surface area contributed by atoms with Gasteiger partial charge in [-0.05, 0) is 31.5 Å². The molecule has 0 saturated carbocycles. The van der Waals surface area contributed by atoms with Crippen LogP contribution in [0.2, 0.25) is 0 Å². The molecular weight excluding hydrogens is 254 g/mol. The maximum atomic E-state index is 12.0. The molecule has 1 aromatic heterocycles. The molecule has 20 heavy (non-hydrogen) atoms. The summed E-state index contributed by atoms with van der Waals surface area (Å²) in [5, 5.41) is 7.06. The number of hydrogen-bond donors (Lipinski definition) is 1. The SMILES string of the molecule is COc1ccc(CC(=O)Nc2ccnn2C(C)C)cc1. The third kappa shape index (κ3) is 3.38. The van der Waals surface area contributed by atoms with Gasteiger partial charge in [0, 0.05) is 12.1 Å². The van der Waals surface area contributed by atoms with E-state index >= 15 is 0 Å². The van der Waals surface area contributed by atoms with Crippen molar-refractivity contribution in [3.8, 4) is 5.75 Å². The van der Waals surface area contributed by atoms with Crippen LogP contribution in [0.25, 0.3) is 0 Å². The number of benzene rings is 1. The zero-order valence-corrected chi connectivity index (χ0v) is 12.0. The van der Waals surface area contributed by atoms with Crippen LogP contribution in [-0.4, -0.2) is 22.8 Å². The third-order valence-corrected chi connectivity index (χ3v) is 2.95. The summed E-state index contributed by atoms with van der Waals surface area (Å²) in [6.07, 6.45) is 2.01. The summed E-state index contributed by atoms with van der Waals surface area (Å²) in [5.74, 6) is 1.45. The van der Waals surface area contributed by atoms with Crippen molar-refractivity contribution in [3.05, 3.63) is 42.1 Å². The van der Waals surface area contributed by atoms with Crippen molar-refractivity contribution >= 4 is 11.7 Å². The number of nitrogens with zero attached hydrogens (tertiary/aromatic N) is 2. The molecule has 0 spiro atoms. The number of amides is 1. The molecule has 0 unspecified atom stereocenters. The molecule has 0 aliphatic rings.